The van der Waals surface area contributed by atoms with Gasteiger partial charge in [-0.1, -0.05) is 0 Å². The molecule has 1 aromatic carbocycles. The molecule has 116 valence electrons. The molecule has 0 unspecified atom stereocenters. The van der Waals surface area contributed by atoms with Gasteiger partial charge < -0.3 is 5.32 Å². The average molecular weight is 317 g/mol. The van der Waals surface area contributed by atoms with Gasteiger partial charge in [0.15, 0.2) is 17.5 Å². The second kappa shape index (κ2) is 6.13. The number of hydrogen-bond donors (Lipinski definition) is 2. The minimum absolute atomic E-state index is 0.104. The zero-order valence-electron chi connectivity index (χ0n) is 11.4. The van der Waals surface area contributed by atoms with Gasteiger partial charge in [0.05, 0.1) is 0 Å². The first kappa shape index (κ1) is 14.5. The standard InChI is InChI=1S/C13H9F2N7O/c14-9-2-1-8(3-10(9)15)20-13(23)21-11-4-12(18-6-17-11)22-7-16-5-19-22/h1-7H,(H2,17,18,20,21,23). The minimum atomic E-state index is -1.06. The number of anilines is 2. The summed E-state index contributed by atoms with van der Waals surface area (Å²) in [5, 5.41) is 8.71. The lowest BCUT2D eigenvalue weighted by Crippen LogP contribution is -2.20. The highest BCUT2D eigenvalue weighted by Gasteiger charge is 2.08. The average Bonchev–Trinajstić information content (AvgIpc) is 3.05. The van der Waals surface area contributed by atoms with E-state index in [1.165, 1.54) is 35.8 Å². The molecule has 3 rings (SSSR count). The van der Waals surface area contributed by atoms with E-state index in [0.717, 1.165) is 12.1 Å². The smallest absolute Gasteiger partial charge is 0.308 e. The first-order chi connectivity index (χ1) is 11.1. The van der Waals surface area contributed by atoms with Crippen molar-refractivity contribution >= 4 is 17.5 Å². The van der Waals surface area contributed by atoms with E-state index in [9.17, 15) is 13.6 Å². The maximum Gasteiger partial charge on any atom is 0.324 e. The molecule has 0 radical (unpaired) electrons. The highest BCUT2D eigenvalue weighted by Crippen LogP contribution is 2.14. The SMILES string of the molecule is O=C(Nc1ccc(F)c(F)c1)Nc1cc(-n2cncn2)ncn1. The Morgan fingerprint density at radius 2 is 1.91 bits per heavy atom. The van der Waals surface area contributed by atoms with Gasteiger partial charge in [-0.05, 0) is 12.1 Å². The van der Waals surface area contributed by atoms with Gasteiger partial charge in [0.25, 0.3) is 0 Å². The van der Waals surface area contributed by atoms with Crippen LogP contribution in [0.3, 0.4) is 0 Å². The zero-order chi connectivity index (χ0) is 16.2. The summed E-state index contributed by atoms with van der Waals surface area (Å²) in [6.07, 6.45) is 4.02. The molecule has 0 aliphatic heterocycles. The second-order valence-corrected chi connectivity index (χ2v) is 4.31. The number of amides is 2. The fourth-order valence-corrected chi connectivity index (χ4v) is 1.72. The van der Waals surface area contributed by atoms with Crippen molar-refractivity contribution in [3.63, 3.8) is 0 Å². The lowest BCUT2D eigenvalue weighted by molar-refractivity contribution is 0.262. The van der Waals surface area contributed by atoms with E-state index in [1.807, 2.05) is 0 Å². The molecule has 0 fully saturated rings. The monoisotopic (exact) mass is 317 g/mol. The van der Waals surface area contributed by atoms with Crippen LogP contribution in [0, 0.1) is 11.6 Å². The number of carbonyl (C=O) groups excluding carboxylic acids is 1. The molecule has 0 aliphatic carbocycles. The maximum absolute atomic E-state index is 13.1. The molecule has 0 saturated carbocycles. The third-order valence-corrected chi connectivity index (χ3v) is 2.73. The fourth-order valence-electron chi connectivity index (χ4n) is 1.72. The summed E-state index contributed by atoms with van der Waals surface area (Å²) in [7, 11) is 0. The van der Waals surface area contributed by atoms with Crippen molar-refractivity contribution in [2.75, 3.05) is 10.6 Å². The van der Waals surface area contributed by atoms with Gasteiger partial charge in [-0.3, -0.25) is 5.32 Å². The number of halogens is 2. The first-order valence-electron chi connectivity index (χ1n) is 6.32. The van der Waals surface area contributed by atoms with Crippen LogP contribution in [0.15, 0.2) is 43.2 Å². The minimum Gasteiger partial charge on any atom is -0.308 e. The number of nitrogens with one attached hydrogen (secondary N) is 2. The van der Waals surface area contributed by atoms with Crippen LogP contribution >= 0.6 is 0 Å². The summed E-state index contributed by atoms with van der Waals surface area (Å²) in [5.74, 6) is -1.45. The first-order valence-corrected chi connectivity index (χ1v) is 6.32. The van der Waals surface area contributed by atoms with E-state index in [4.69, 9.17) is 0 Å². The summed E-state index contributed by atoms with van der Waals surface area (Å²) >= 11 is 0. The van der Waals surface area contributed by atoms with Gasteiger partial charge in [0, 0.05) is 17.8 Å². The Morgan fingerprint density at radius 3 is 2.65 bits per heavy atom. The van der Waals surface area contributed by atoms with Crippen molar-refractivity contribution in [2.45, 2.75) is 0 Å². The molecular formula is C13H9F2N7O. The third kappa shape index (κ3) is 3.43. The number of hydrogen-bond acceptors (Lipinski definition) is 5. The van der Waals surface area contributed by atoms with Crippen LogP contribution in [0.25, 0.3) is 5.82 Å². The number of benzene rings is 1. The molecule has 10 heteroatoms. The molecule has 8 nitrogen and oxygen atoms in total. The Kier molecular flexibility index (Phi) is 3.87. The van der Waals surface area contributed by atoms with Gasteiger partial charge in [-0.15, -0.1) is 0 Å². The molecule has 2 amide bonds. The van der Waals surface area contributed by atoms with Crippen LogP contribution in [0.2, 0.25) is 0 Å². The summed E-state index contributed by atoms with van der Waals surface area (Å²) < 4.78 is 27.3. The van der Waals surface area contributed by atoms with Crippen LogP contribution < -0.4 is 10.6 Å². The normalized spacial score (nSPS) is 10.3. The lowest BCUT2D eigenvalue weighted by atomic mass is 10.3. The molecule has 2 heterocycles. The molecule has 2 N–H and O–H groups in total. The van der Waals surface area contributed by atoms with Crippen molar-refractivity contribution in [3.05, 3.63) is 54.9 Å². The molecule has 0 saturated heterocycles. The Balaban J connectivity index is 1.70. The van der Waals surface area contributed by atoms with E-state index < -0.39 is 17.7 Å². The molecule has 0 aliphatic rings. The Bertz CT molecular complexity index is 838. The van der Waals surface area contributed by atoms with Crippen LogP contribution in [0.4, 0.5) is 25.1 Å². The van der Waals surface area contributed by atoms with E-state index in [2.05, 4.69) is 30.7 Å². The predicted octanol–water partition coefficient (Wildman–Crippen LogP) is 1.98. The highest BCUT2D eigenvalue weighted by atomic mass is 19.2. The topological polar surface area (TPSA) is 97.6 Å². The van der Waals surface area contributed by atoms with Gasteiger partial charge in [0.1, 0.15) is 24.8 Å². The van der Waals surface area contributed by atoms with Gasteiger partial charge in [0.2, 0.25) is 0 Å². The molecule has 0 spiro atoms. The molecule has 0 atom stereocenters. The fraction of sp³-hybridized carbons (Fsp3) is 0. The number of aromatic nitrogens is 5. The number of rotatable bonds is 3. The van der Waals surface area contributed by atoms with E-state index >= 15 is 0 Å². The molecule has 23 heavy (non-hydrogen) atoms. The van der Waals surface area contributed by atoms with Crippen LogP contribution in [0.1, 0.15) is 0 Å². The highest BCUT2D eigenvalue weighted by molar-refractivity contribution is 5.99. The van der Waals surface area contributed by atoms with Gasteiger partial charge in [-0.25, -0.2) is 33.2 Å². The zero-order valence-corrected chi connectivity index (χ0v) is 11.4. The van der Waals surface area contributed by atoms with Crippen LogP contribution in [-0.4, -0.2) is 30.8 Å². The Hall–Kier alpha value is -3.43. The molecule has 0 bridgehead atoms. The summed E-state index contributed by atoms with van der Waals surface area (Å²) in [4.78, 5) is 23.5. The van der Waals surface area contributed by atoms with Crippen molar-refractivity contribution in [2.24, 2.45) is 0 Å². The molecule has 2 aromatic heterocycles. The van der Waals surface area contributed by atoms with E-state index in [-0.39, 0.29) is 11.5 Å². The lowest BCUT2D eigenvalue weighted by Gasteiger charge is -2.08. The van der Waals surface area contributed by atoms with Crippen molar-refractivity contribution < 1.29 is 13.6 Å². The number of urea groups is 1. The molecular weight excluding hydrogens is 308 g/mol. The number of carbonyl (C=O) groups is 1. The summed E-state index contributed by atoms with van der Waals surface area (Å²) in [5.41, 5.74) is 0.104. The summed E-state index contributed by atoms with van der Waals surface area (Å²) in [6.45, 7) is 0. The Labute approximate surface area is 128 Å². The van der Waals surface area contributed by atoms with E-state index in [1.54, 1.807) is 0 Å². The van der Waals surface area contributed by atoms with Crippen molar-refractivity contribution in [3.8, 4) is 5.82 Å². The summed E-state index contributed by atoms with van der Waals surface area (Å²) in [6, 6.07) is 3.83. The second-order valence-electron chi connectivity index (χ2n) is 4.31. The number of nitrogens with zero attached hydrogens (tertiary/aromatic N) is 5. The van der Waals surface area contributed by atoms with Crippen molar-refractivity contribution in [1.29, 1.82) is 0 Å². The largest absolute Gasteiger partial charge is 0.324 e. The molecule has 3 aromatic rings. The third-order valence-electron chi connectivity index (χ3n) is 2.73. The predicted molar refractivity (Wildman–Crippen MR) is 75.9 cm³/mol. The van der Waals surface area contributed by atoms with E-state index in [0.29, 0.717) is 5.82 Å². The van der Waals surface area contributed by atoms with Gasteiger partial charge >= 0.3 is 6.03 Å². The van der Waals surface area contributed by atoms with Crippen LogP contribution in [-0.2, 0) is 0 Å². The van der Waals surface area contributed by atoms with Crippen molar-refractivity contribution in [1.82, 2.24) is 24.7 Å². The quantitative estimate of drug-likeness (QED) is 0.770. The van der Waals surface area contributed by atoms with Crippen LogP contribution in [0.5, 0.6) is 0 Å². The van der Waals surface area contributed by atoms with Gasteiger partial charge in [-0.2, -0.15) is 5.10 Å². The Morgan fingerprint density at radius 1 is 1.04 bits per heavy atom. The maximum atomic E-state index is 13.1.